The second-order valence-corrected chi connectivity index (χ2v) is 31.1. The van der Waals surface area contributed by atoms with Gasteiger partial charge in [-0.25, -0.2) is 43.2 Å². The van der Waals surface area contributed by atoms with Crippen LogP contribution in [0.4, 0.5) is 97.0 Å². The van der Waals surface area contributed by atoms with E-state index in [-0.39, 0.29) is 52.4 Å². The number of urea groups is 6. The number of amides is 12. The van der Waals surface area contributed by atoms with Crippen molar-refractivity contribution in [3.63, 3.8) is 0 Å². The van der Waals surface area contributed by atoms with Gasteiger partial charge < -0.3 is 44.7 Å². The fourth-order valence-electron chi connectivity index (χ4n) is 18.0. The summed E-state index contributed by atoms with van der Waals surface area (Å²) in [6, 6.07) is 81.8. The lowest BCUT2D eigenvalue weighted by molar-refractivity contribution is -0.144. The minimum absolute atomic E-state index is 0.0115. The highest BCUT2D eigenvalue weighted by molar-refractivity contribution is 6.15. The lowest BCUT2D eigenvalue weighted by atomic mass is 9.90. The Morgan fingerprint density at radius 1 is 0.264 bits per heavy atom. The lowest BCUT2D eigenvalue weighted by Crippen LogP contribution is -2.62. The normalized spacial score (nSPS) is 16.6. The molecule has 0 unspecified atom stereocenters. The van der Waals surface area contributed by atoms with Crippen LogP contribution in [0, 0.1) is 0 Å². The standard InChI is InChI=1S/C101H80N12O12/c114-93(115)90-64-104(56-58-105(90)99(123)108(72-31-4-1-5-32-72)73-33-6-2-7-34-73)98(122)111-84-43-18-12-27-68(84)52-54-80-77(40-24-48-89(80)111)81-62-71-29-14-20-45-86(71)113(87-46-21-15-38-78(81)87)101(125)107-59-55-102(63-91(107)94(116)117)96(120)109(74-35-8-3-9-36-74)75-37-22-30-70(61-75)76-39-23-47-88-79(76)53-51-69-28-13-19-44-85(69)112(88)100(124)106-60-57-103(65-92(106)95(118)119)97(121)110-82-41-16-10-25-66(82)49-50-67-26-11-17-42-83(67)110/h1-54,61-62,90-92H,55-60,63-65H2,(H,114,115)(H,116,117)(H,118,119)/t90-,91-,92-/m0/s1. The van der Waals surface area contributed by atoms with Gasteiger partial charge in [0, 0.05) is 56.0 Å². The van der Waals surface area contributed by atoms with E-state index in [0.717, 1.165) is 11.1 Å². The third-order valence-corrected chi connectivity index (χ3v) is 24.0. The van der Waals surface area contributed by atoms with Crippen molar-refractivity contribution in [2.24, 2.45) is 0 Å². The van der Waals surface area contributed by atoms with E-state index in [2.05, 4.69) is 0 Å². The summed E-state index contributed by atoms with van der Waals surface area (Å²) >= 11 is 0. The van der Waals surface area contributed by atoms with Crippen molar-refractivity contribution in [1.82, 2.24) is 29.4 Å². The molecule has 0 saturated carbocycles. The number of para-hydroxylation sites is 9. The van der Waals surface area contributed by atoms with E-state index in [1.807, 2.05) is 212 Å². The topological polar surface area (TPSA) is 253 Å². The Morgan fingerprint density at radius 3 is 1.06 bits per heavy atom. The Morgan fingerprint density at radius 2 is 0.584 bits per heavy atom. The van der Waals surface area contributed by atoms with Gasteiger partial charge in [-0.2, -0.15) is 0 Å². The molecule has 0 radical (unpaired) electrons. The van der Waals surface area contributed by atoms with Crippen LogP contribution in [0.15, 0.2) is 297 Å². The third kappa shape index (κ3) is 14.3. The van der Waals surface area contributed by atoms with Crippen molar-refractivity contribution in [2.75, 3.05) is 88.3 Å². The molecular weight excluding hydrogens is 1570 g/mol. The number of piperazine rings is 3. The Kier molecular flexibility index (Phi) is 20.7. The van der Waals surface area contributed by atoms with E-state index in [1.54, 1.807) is 137 Å². The molecule has 3 saturated heterocycles. The third-order valence-electron chi connectivity index (χ3n) is 24.0. The number of anilines is 12. The van der Waals surface area contributed by atoms with Crippen LogP contribution in [0.5, 0.6) is 0 Å². The van der Waals surface area contributed by atoms with Crippen LogP contribution in [-0.4, -0.2) is 176 Å². The van der Waals surface area contributed by atoms with E-state index < -0.39 is 78.8 Å². The number of rotatable bonds is 9. The lowest BCUT2D eigenvalue weighted by Gasteiger charge is -2.43. The molecule has 3 atom stereocenters. The van der Waals surface area contributed by atoms with Gasteiger partial charge in [-0.05, 0) is 153 Å². The Bertz CT molecular complexity index is 6430. The molecule has 12 aromatic carbocycles. The van der Waals surface area contributed by atoms with Gasteiger partial charge in [0.2, 0.25) is 0 Å². The molecule has 12 aromatic rings. The molecule has 24 nitrogen and oxygen atoms in total. The fraction of sp³-hybridized carbons (Fsp3) is 0.119. The predicted molar refractivity (Wildman–Crippen MR) is 484 cm³/mol. The molecule has 7 aliphatic rings. The first-order valence-electron chi connectivity index (χ1n) is 41.2. The highest BCUT2D eigenvalue weighted by Crippen LogP contribution is 2.50. The van der Waals surface area contributed by atoms with Crippen molar-refractivity contribution < 1.29 is 58.5 Å². The maximum atomic E-state index is 16.2. The van der Waals surface area contributed by atoms with Gasteiger partial charge in [-0.3, -0.25) is 29.4 Å². The van der Waals surface area contributed by atoms with E-state index >= 15 is 24.0 Å². The number of hydrogen-bond acceptors (Lipinski definition) is 9. The zero-order valence-electron chi connectivity index (χ0n) is 67.3. The summed E-state index contributed by atoms with van der Waals surface area (Å²) in [5.41, 5.74) is 13.9. The van der Waals surface area contributed by atoms with Crippen molar-refractivity contribution in [3.05, 3.63) is 347 Å². The first-order valence-corrected chi connectivity index (χ1v) is 41.2. The average Bonchev–Trinajstić information content (AvgIpc) is 1.63. The second-order valence-electron chi connectivity index (χ2n) is 31.1. The van der Waals surface area contributed by atoms with E-state index in [1.165, 1.54) is 49.0 Å². The van der Waals surface area contributed by atoms with Gasteiger partial charge in [-0.15, -0.1) is 0 Å². The number of carbonyl (C=O) groups is 9. The van der Waals surface area contributed by atoms with Crippen LogP contribution in [-0.2, 0) is 14.4 Å². The number of benzene rings is 12. The van der Waals surface area contributed by atoms with Gasteiger partial charge in [0.1, 0.15) is 18.1 Å². The number of carbonyl (C=O) groups excluding carboxylic acids is 6. The van der Waals surface area contributed by atoms with Crippen LogP contribution in [0.3, 0.4) is 0 Å². The molecule has 0 aromatic heterocycles. The van der Waals surface area contributed by atoms with Crippen LogP contribution in [0.1, 0.15) is 50.1 Å². The minimum Gasteiger partial charge on any atom is -0.480 e. The monoisotopic (exact) mass is 1650 g/mol. The van der Waals surface area contributed by atoms with Crippen LogP contribution in [0.25, 0.3) is 59.2 Å². The largest absolute Gasteiger partial charge is 0.480 e. The summed E-state index contributed by atoms with van der Waals surface area (Å²) in [6.45, 7) is -1.61. The first kappa shape index (κ1) is 78.5. The molecular formula is C101H80N12O12. The van der Waals surface area contributed by atoms with Gasteiger partial charge in [0.15, 0.2) is 0 Å². The van der Waals surface area contributed by atoms with Gasteiger partial charge in [-0.1, -0.05) is 237 Å². The number of carboxylic acid groups (broad SMARTS) is 3. The maximum Gasteiger partial charge on any atom is 0.330 e. The summed E-state index contributed by atoms with van der Waals surface area (Å²) in [4.78, 5) is 152. The number of hydrogen-bond donors (Lipinski definition) is 3. The Labute approximate surface area is 719 Å². The molecule has 3 N–H and O–H groups in total. The maximum absolute atomic E-state index is 16.2. The summed E-state index contributed by atoms with van der Waals surface area (Å²) in [6.07, 6.45) is 13.5. The van der Waals surface area contributed by atoms with E-state index in [9.17, 15) is 34.5 Å². The highest BCUT2D eigenvalue weighted by Gasteiger charge is 2.47. The SMILES string of the molecule is O=C(O)[C@@H]1CN(C(=O)N2c3ccccc3C=Cc3c(C4=Cc5ccccc5N(C(=O)N5CCN(C(=O)N(c6ccccc6)c6cccc(-c7cccc8c7C=Cc7ccccc7N8C(=O)N7CCN(C(=O)N8c9ccccc9C=Cc9ccccc98)C[C@H]7C(=O)O)c6)C[C@H]5C(=O)O)c5ccccc54)cccc32)CCN1C(=O)N(c1ccccc1)c1ccccc1. The molecule has 125 heavy (non-hydrogen) atoms. The fourth-order valence-corrected chi connectivity index (χ4v) is 18.0. The molecule has 7 aliphatic heterocycles. The van der Waals surface area contributed by atoms with Gasteiger partial charge >= 0.3 is 54.1 Å². The molecule has 0 bridgehead atoms. The summed E-state index contributed by atoms with van der Waals surface area (Å²) in [7, 11) is 0. The zero-order valence-corrected chi connectivity index (χ0v) is 67.3. The van der Waals surface area contributed by atoms with Crippen LogP contribution < -0.4 is 29.4 Å². The van der Waals surface area contributed by atoms with Crippen LogP contribution >= 0.6 is 0 Å². The predicted octanol–water partition coefficient (Wildman–Crippen LogP) is 19.6. The molecule has 24 heteroatoms. The van der Waals surface area contributed by atoms with E-state index in [0.29, 0.717) is 124 Å². The molecule has 0 spiro atoms. The van der Waals surface area contributed by atoms with Crippen molar-refractivity contribution in [1.29, 1.82) is 0 Å². The van der Waals surface area contributed by atoms with Crippen molar-refractivity contribution in [3.8, 4) is 11.1 Å². The zero-order chi connectivity index (χ0) is 85.7. The summed E-state index contributed by atoms with van der Waals surface area (Å²) in [5.74, 6) is -3.93. The molecule has 616 valence electrons. The second kappa shape index (κ2) is 33.0. The number of nitrogens with zero attached hydrogens (tertiary/aromatic N) is 12. The molecule has 0 aliphatic carbocycles. The number of fused-ring (bicyclic) bond motifs is 8. The number of aliphatic carboxylic acids is 3. The highest BCUT2D eigenvalue weighted by atomic mass is 16.4. The molecule has 7 heterocycles. The van der Waals surface area contributed by atoms with Crippen LogP contribution in [0.2, 0.25) is 0 Å². The smallest absolute Gasteiger partial charge is 0.330 e. The molecule has 12 amide bonds. The Hall–Kier alpha value is -16.4. The van der Waals surface area contributed by atoms with Gasteiger partial charge in [0.05, 0.1) is 87.9 Å². The van der Waals surface area contributed by atoms with Crippen molar-refractivity contribution >= 4 is 170 Å². The number of carboxylic acids is 3. The summed E-state index contributed by atoms with van der Waals surface area (Å²) < 4.78 is 0. The summed E-state index contributed by atoms with van der Waals surface area (Å²) in [5, 5.41) is 33.6. The van der Waals surface area contributed by atoms with Crippen molar-refractivity contribution in [2.45, 2.75) is 18.1 Å². The average molecular weight is 1650 g/mol. The first-order chi connectivity index (χ1) is 61.0. The molecule has 3 fully saturated rings. The molecule has 19 rings (SSSR count). The quantitative estimate of drug-likeness (QED) is 0.122. The van der Waals surface area contributed by atoms with E-state index in [4.69, 9.17) is 0 Å². The Balaban J connectivity index is 0.600. The minimum atomic E-state index is -1.58. The van der Waals surface area contributed by atoms with Gasteiger partial charge in [0.25, 0.3) is 0 Å².